The summed E-state index contributed by atoms with van der Waals surface area (Å²) in [5, 5.41) is 18.8. The Morgan fingerprint density at radius 3 is 2.13 bits per heavy atom. The van der Waals surface area contributed by atoms with Crippen molar-refractivity contribution in [2.24, 2.45) is 5.84 Å². The highest BCUT2D eigenvalue weighted by atomic mass is 16.6. The lowest BCUT2D eigenvalue weighted by Gasteiger charge is -1.89. The number of phenolic OH excluding ortho intramolecular Hbond substituents is 1. The molecule has 0 atom stereocenters. The van der Waals surface area contributed by atoms with Crippen LogP contribution in [0.4, 0.5) is 5.69 Å². The molecule has 0 spiro atoms. The maximum atomic E-state index is 10.0. The molecular formula is C8H11N3O4. The molecule has 0 aliphatic rings. The number of hydrogen-bond donors (Lipinski definition) is 3. The lowest BCUT2D eigenvalue weighted by Crippen LogP contribution is -2.26. The van der Waals surface area contributed by atoms with E-state index >= 15 is 0 Å². The van der Waals surface area contributed by atoms with Crippen molar-refractivity contribution in [2.45, 2.75) is 6.92 Å². The standard InChI is InChI=1S/C6H5NO3.C2H6N2O/c8-6-3-1-5(2-4-6)7(9)10;1-2(5)4-3/h1-4,8H;3H2,1H3,(H,4,5). The molecule has 1 aromatic rings. The van der Waals surface area contributed by atoms with Crippen LogP contribution < -0.4 is 11.3 Å². The Bertz CT molecular complexity index is 336. The summed E-state index contributed by atoms with van der Waals surface area (Å²) in [7, 11) is 0. The molecular weight excluding hydrogens is 202 g/mol. The van der Waals surface area contributed by atoms with Gasteiger partial charge in [-0.15, -0.1) is 0 Å². The number of benzene rings is 1. The minimum Gasteiger partial charge on any atom is -0.508 e. The van der Waals surface area contributed by atoms with Crippen LogP contribution in [0.3, 0.4) is 0 Å². The second-order valence-corrected chi connectivity index (χ2v) is 2.47. The summed E-state index contributed by atoms with van der Waals surface area (Å²) in [5.41, 5.74) is 1.87. The van der Waals surface area contributed by atoms with Crippen LogP contribution in [0.25, 0.3) is 0 Å². The predicted molar refractivity (Wildman–Crippen MR) is 52.8 cm³/mol. The largest absolute Gasteiger partial charge is 0.508 e. The minimum atomic E-state index is -0.514. The number of nitrogens with two attached hydrogens (primary N) is 1. The van der Waals surface area contributed by atoms with Gasteiger partial charge in [-0.3, -0.25) is 20.3 Å². The molecule has 0 radical (unpaired) electrons. The number of aromatic hydroxyl groups is 1. The van der Waals surface area contributed by atoms with Crippen LogP contribution in [0.1, 0.15) is 6.92 Å². The monoisotopic (exact) mass is 213 g/mol. The summed E-state index contributed by atoms with van der Waals surface area (Å²) in [6.07, 6.45) is 0. The summed E-state index contributed by atoms with van der Waals surface area (Å²) >= 11 is 0. The minimum absolute atomic E-state index is 0.0159. The van der Waals surface area contributed by atoms with E-state index in [2.05, 4.69) is 5.84 Å². The van der Waals surface area contributed by atoms with E-state index in [-0.39, 0.29) is 17.3 Å². The van der Waals surface area contributed by atoms with E-state index in [0.29, 0.717) is 0 Å². The molecule has 1 rings (SSSR count). The molecule has 0 saturated heterocycles. The number of nitro groups is 1. The first-order chi connectivity index (χ1) is 6.97. The maximum Gasteiger partial charge on any atom is 0.269 e. The van der Waals surface area contributed by atoms with Gasteiger partial charge >= 0.3 is 0 Å². The number of non-ortho nitro benzene ring substituents is 1. The van der Waals surface area contributed by atoms with Gasteiger partial charge < -0.3 is 5.11 Å². The van der Waals surface area contributed by atoms with E-state index in [9.17, 15) is 14.9 Å². The average molecular weight is 213 g/mol. The number of phenols is 1. The fourth-order valence-corrected chi connectivity index (χ4v) is 0.574. The Labute approximate surface area is 85.6 Å². The van der Waals surface area contributed by atoms with Crippen molar-refractivity contribution in [2.75, 3.05) is 0 Å². The van der Waals surface area contributed by atoms with Gasteiger partial charge in [-0.1, -0.05) is 0 Å². The van der Waals surface area contributed by atoms with Crippen LogP contribution >= 0.6 is 0 Å². The number of rotatable bonds is 1. The zero-order valence-corrected chi connectivity index (χ0v) is 8.01. The van der Waals surface area contributed by atoms with Gasteiger partial charge in [0.25, 0.3) is 5.69 Å². The van der Waals surface area contributed by atoms with Crippen LogP contribution in [0.2, 0.25) is 0 Å². The van der Waals surface area contributed by atoms with Crippen molar-refractivity contribution < 1.29 is 14.8 Å². The van der Waals surface area contributed by atoms with Crippen molar-refractivity contribution in [3.8, 4) is 5.75 Å². The molecule has 0 heterocycles. The van der Waals surface area contributed by atoms with Gasteiger partial charge in [0.05, 0.1) is 4.92 Å². The maximum absolute atomic E-state index is 10.0. The first-order valence-corrected chi connectivity index (χ1v) is 3.88. The highest BCUT2D eigenvalue weighted by Gasteiger charge is 2.01. The van der Waals surface area contributed by atoms with Crippen molar-refractivity contribution in [1.82, 2.24) is 5.43 Å². The summed E-state index contributed by atoms with van der Waals surface area (Å²) in [6, 6.07) is 5.04. The van der Waals surface area contributed by atoms with Crippen LogP contribution in [0.15, 0.2) is 24.3 Å². The van der Waals surface area contributed by atoms with Crippen molar-refractivity contribution in [3.63, 3.8) is 0 Å². The molecule has 4 N–H and O–H groups in total. The van der Waals surface area contributed by atoms with Crippen LogP contribution in [0.5, 0.6) is 5.75 Å². The van der Waals surface area contributed by atoms with Crippen LogP contribution in [0, 0.1) is 10.1 Å². The molecule has 7 nitrogen and oxygen atoms in total. The number of nitro benzene ring substituents is 1. The van der Waals surface area contributed by atoms with E-state index < -0.39 is 4.92 Å². The molecule has 0 bridgehead atoms. The summed E-state index contributed by atoms with van der Waals surface area (Å²) < 4.78 is 0. The van der Waals surface area contributed by atoms with E-state index in [1.165, 1.54) is 31.2 Å². The Balaban J connectivity index is 0.000000336. The molecule has 1 amide bonds. The number of nitrogens with one attached hydrogen (secondary N) is 1. The van der Waals surface area contributed by atoms with Gasteiger partial charge in [-0.2, -0.15) is 0 Å². The molecule has 1 aromatic carbocycles. The Hall–Kier alpha value is -2.15. The van der Waals surface area contributed by atoms with Gasteiger partial charge in [0, 0.05) is 19.1 Å². The van der Waals surface area contributed by atoms with Crippen molar-refractivity contribution >= 4 is 11.6 Å². The second kappa shape index (κ2) is 6.33. The number of carbonyl (C=O) groups excluding carboxylic acids is 1. The quantitative estimate of drug-likeness (QED) is 0.268. The number of amides is 1. The van der Waals surface area contributed by atoms with Crippen LogP contribution in [-0.2, 0) is 4.79 Å². The summed E-state index contributed by atoms with van der Waals surface area (Å²) in [6.45, 7) is 1.35. The molecule has 0 aliphatic heterocycles. The van der Waals surface area contributed by atoms with Gasteiger partial charge in [-0.05, 0) is 12.1 Å². The molecule has 0 fully saturated rings. The Morgan fingerprint density at radius 1 is 1.47 bits per heavy atom. The van der Waals surface area contributed by atoms with E-state index in [0.717, 1.165) is 0 Å². The smallest absolute Gasteiger partial charge is 0.269 e. The zero-order valence-electron chi connectivity index (χ0n) is 8.01. The number of hydrazine groups is 1. The third-order valence-corrected chi connectivity index (χ3v) is 1.26. The molecule has 0 unspecified atom stereocenters. The SMILES string of the molecule is CC(=O)NN.O=[N+]([O-])c1ccc(O)cc1. The van der Waals surface area contributed by atoms with Gasteiger partial charge in [0.1, 0.15) is 5.75 Å². The molecule has 82 valence electrons. The topological polar surface area (TPSA) is 118 Å². The summed E-state index contributed by atoms with van der Waals surface area (Å²) in [5.74, 6) is 4.39. The Morgan fingerprint density at radius 2 is 1.87 bits per heavy atom. The van der Waals surface area contributed by atoms with Crippen molar-refractivity contribution in [1.29, 1.82) is 0 Å². The van der Waals surface area contributed by atoms with Crippen molar-refractivity contribution in [3.05, 3.63) is 34.4 Å². The fraction of sp³-hybridized carbons (Fsp3) is 0.125. The number of carbonyl (C=O) groups is 1. The van der Waals surface area contributed by atoms with Gasteiger partial charge in [0.15, 0.2) is 0 Å². The first kappa shape index (κ1) is 12.8. The third-order valence-electron chi connectivity index (χ3n) is 1.26. The zero-order chi connectivity index (χ0) is 11.8. The lowest BCUT2D eigenvalue weighted by atomic mass is 10.3. The molecule has 15 heavy (non-hydrogen) atoms. The molecule has 0 aliphatic carbocycles. The van der Waals surface area contributed by atoms with Gasteiger partial charge in [-0.25, -0.2) is 5.84 Å². The molecule has 7 heteroatoms. The first-order valence-electron chi connectivity index (χ1n) is 3.88. The summed E-state index contributed by atoms with van der Waals surface area (Å²) in [4.78, 5) is 19.1. The number of hydrogen-bond acceptors (Lipinski definition) is 5. The number of nitrogens with zero attached hydrogens (tertiary/aromatic N) is 1. The predicted octanol–water partition coefficient (Wildman–Crippen LogP) is 0.297. The molecule has 0 aromatic heterocycles. The highest BCUT2D eigenvalue weighted by molar-refractivity contribution is 5.71. The average Bonchev–Trinajstić information content (AvgIpc) is 2.19. The van der Waals surface area contributed by atoms with Gasteiger partial charge in [0.2, 0.25) is 5.91 Å². The molecule has 0 saturated carbocycles. The third kappa shape index (κ3) is 5.99. The van der Waals surface area contributed by atoms with E-state index in [1.807, 2.05) is 5.43 Å². The lowest BCUT2D eigenvalue weighted by molar-refractivity contribution is -0.384. The van der Waals surface area contributed by atoms with E-state index in [1.54, 1.807) is 0 Å². The fourth-order valence-electron chi connectivity index (χ4n) is 0.574. The normalized spacial score (nSPS) is 8.40. The highest BCUT2D eigenvalue weighted by Crippen LogP contribution is 2.14. The van der Waals surface area contributed by atoms with Crippen LogP contribution in [-0.4, -0.2) is 15.9 Å². The Kier molecular flexibility index (Phi) is 5.42. The second-order valence-electron chi connectivity index (χ2n) is 2.47. The van der Waals surface area contributed by atoms with E-state index in [4.69, 9.17) is 5.11 Å².